The van der Waals surface area contributed by atoms with Crippen molar-refractivity contribution in [3.8, 4) is 5.75 Å². The van der Waals surface area contributed by atoms with Crippen LogP contribution in [-0.4, -0.2) is 12.1 Å². The van der Waals surface area contributed by atoms with E-state index >= 15 is 0 Å². The fourth-order valence-corrected chi connectivity index (χ4v) is 3.01. The Bertz CT molecular complexity index is 624. The maximum Gasteiger partial charge on any atom is 0.119 e. The molecule has 1 aliphatic rings. The zero-order valence-corrected chi connectivity index (χ0v) is 12.2. The number of thiocarbonyl (C=S) groups is 1. The zero-order valence-electron chi connectivity index (χ0n) is 11.4. The highest BCUT2D eigenvalue weighted by Gasteiger charge is 2.20. The van der Waals surface area contributed by atoms with Crippen molar-refractivity contribution < 1.29 is 4.74 Å². The third-order valence-electron chi connectivity index (χ3n) is 3.77. The molecule has 2 aromatic rings. The standard InChI is InChI=1S/C17H17NOS/c1-19-14-8-9-15-13(11-14)7-10-16(18-17(15)20)12-5-3-2-4-6-12/h2-6,8-9,11,16H,7,10H2,1H3,(H,18,20)/t16-/m1/s1. The first-order valence-corrected chi connectivity index (χ1v) is 7.21. The van der Waals surface area contributed by atoms with Gasteiger partial charge in [-0.2, -0.15) is 0 Å². The Morgan fingerprint density at radius 1 is 1.15 bits per heavy atom. The molecule has 0 saturated heterocycles. The van der Waals surface area contributed by atoms with Crippen LogP contribution in [0.3, 0.4) is 0 Å². The topological polar surface area (TPSA) is 21.3 Å². The number of aryl methyl sites for hydroxylation is 1. The molecular formula is C17H17NOS. The normalized spacial score (nSPS) is 17.9. The van der Waals surface area contributed by atoms with Crippen LogP contribution in [0.2, 0.25) is 0 Å². The Labute approximate surface area is 124 Å². The minimum absolute atomic E-state index is 0.280. The molecule has 0 aromatic heterocycles. The maximum atomic E-state index is 5.55. The smallest absolute Gasteiger partial charge is 0.119 e. The molecule has 0 saturated carbocycles. The minimum Gasteiger partial charge on any atom is -0.497 e. The Morgan fingerprint density at radius 3 is 2.70 bits per heavy atom. The molecule has 0 fully saturated rings. The first kappa shape index (κ1) is 13.1. The summed E-state index contributed by atoms with van der Waals surface area (Å²) in [5.74, 6) is 0.893. The molecule has 0 aliphatic carbocycles. The van der Waals surface area contributed by atoms with Crippen LogP contribution in [0.1, 0.15) is 29.2 Å². The van der Waals surface area contributed by atoms with Gasteiger partial charge < -0.3 is 10.1 Å². The average Bonchev–Trinajstić information content (AvgIpc) is 2.67. The van der Waals surface area contributed by atoms with E-state index in [4.69, 9.17) is 17.0 Å². The Kier molecular flexibility index (Phi) is 3.70. The van der Waals surface area contributed by atoms with Gasteiger partial charge in [0.25, 0.3) is 0 Å². The van der Waals surface area contributed by atoms with Crippen molar-refractivity contribution in [2.45, 2.75) is 18.9 Å². The van der Waals surface area contributed by atoms with Gasteiger partial charge in [0.1, 0.15) is 10.7 Å². The Morgan fingerprint density at radius 2 is 1.95 bits per heavy atom. The second kappa shape index (κ2) is 5.63. The van der Waals surface area contributed by atoms with E-state index < -0.39 is 0 Å². The number of methoxy groups -OCH3 is 1. The second-order valence-corrected chi connectivity index (χ2v) is 5.41. The lowest BCUT2D eigenvalue weighted by Crippen LogP contribution is -2.26. The van der Waals surface area contributed by atoms with E-state index in [0.29, 0.717) is 0 Å². The summed E-state index contributed by atoms with van der Waals surface area (Å²) >= 11 is 5.55. The van der Waals surface area contributed by atoms with Crippen LogP contribution < -0.4 is 10.1 Å². The lowest BCUT2D eigenvalue weighted by atomic mass is 9.99. The average molecular weight is 283 g/mol. The molecule has 0 amide bonds. The summed E-state index contributed by atoms with van der Waals surface area (Å²) in [7, 11) is 1.70. The number of benzene rings is 2. The van der Waals surface area contributed by atoms with Gasteiger partial charge in [0.05, 0.1) is 13.2 Å². The molecule has 1 heterocycles. The monoisotopic (exact) mass is 283 g/mol. The fraction of sp³-hybridized carbons (Fsp3) is 0.235. The van der Waals surface area contributed by atoms with Gasteiger partial charge >= 0.3 is 0 Å². The van der Waals surface area contributed by atoms with E-state index in [-0.39, 0.29) is 6.04 Å². The summed E-state index contributed by atoms with van der Waals surface area (Å²) in [6.45, 7) is 0. The number of hydrogen-bond acceptors (Lipinski definition) is 2. The van der Waals surface area contributed by atoms with Crippen LogP contribution in [0, 0.1) is 0 Å². The highest BCUT2D eigenvalue weighted by molar-refractivity contribution is 7.80. The van der Waals surface area contributed by atoms with Gasteiger partial charge in [0.15, 0.2) is 0 Å². The molecule has 1 atom stereocenters. The van der Waals surface area contributed by atoms with Gasteiger partial charge in [-0.05, 0) is 42.2 Å². The molecule has 0 bridgehead atoms. The van der Waals surface area contributed by atoms with E-state index in [9.17, 15) is 0 Å². The van der Waals surface area contributed by atoms with E-state index in [1.54, 1.807) is 7.11 Å². The van der Waals surface area contributed by atoms with Gasteiger partial charge in [0.2, 0.25) is 0 Å². The van der Waals surface area contributed by atoms with Crippen molar-refractivity contribution in [1.82, 2.24) is 5.32 Å². The molecule has 0 unspecified atom stereocenters. The molecule has 102 valence electrons. The summed E-state index contributed by atoms with van der Waals surface area (Å²) in [6, 6.07) is 16.9. The SMILES string of the molecule is COc1ccc2c(c1)CC[C@H](c1ccccc1)NC2=S. The van der Waals surface area contributed by atoms with Crippen molar-refractivity contribution in [1.29, 1.82) is 0 Å². The van der Waals surface area contributed by atoms with Crippen LogP contribution in [0.15, 0.2) is 48.5 Å². The number of rotatable bonds is 2. The van der Waals surface area contributed by atoms with E-state index in [1.165, 1.54) is 11.1 Å². The third kappa shape index (κ3) is 2.54. The van der Waals surface area contributed by atoms with Gasteiger partial charge in [-0.3, -0.25) is 0 Å². The lowest BCUT2D eigenvalue weighted by molar-refractivity contribution is 0.414. The van der Waals surface area contributed by atoms with Crippen molar-refractivity contribution >= 4 is 17.2 Å². The summed E-state index contributed by atoms with van der Waals surface area (Å²) < 4.78 is 5.30. The molecule has 2 aromatic carbocycles. The molecule has 0 spiro atoms. The number of hydrogen-bond donors (Lipinski definition) is 1. The van der Waals surface area contributed by atoms with Crippen molar-refractivity contribution in [3.05, 3.63) is 65.2 Å². The molecule has 3 heteroatoms. The van der Waals surface area contributed by atoms with E-state index in [1.807, 2.05) is 12.1 Å². The zero-order chi connectivity index (χ0) is 13.9. The van der Waals surface area contributed by atoms with Gasteiger partial charge in [-0.1, -0.05) is 42.5 Å². The van der Waals surface area contributed by atoms with Gasteiger partial charge in [0, 0.05) is 5.56 Å². The van der Waals surface area contributed by atoms with Crippen LogP contribution in [0.5, 0.6) is 5.75 Å². The Hall–Kier alpha value is -1.87. The molecule has 3 rings (SSSR count). The lowest BCUT2D eigenvalue weighted by Gasteiger charge is -2.17. The van der Waals surface area contributed by atoms with Crippen molar-refractivity contribution in [2.75, 3.05) is 7.11 Å². The van der Waals surface area contributed by atoms with Crippen molar-refractivity contribution in [2.24, 2.45) is 0 Å². The summed E-state index contributed by atoms with van der Waals surface area (Å²) in [4.78, 5) is 0.828. The summed E-state index contributed by atoms with van der Waals surface area (Å²) in [6.07, 6.45) is 2.03. The molecule has 2 nitrogen and oxygen atoms in total. The number of nitrogens with one attached hydrogen (secondary N) is 1. The van der Waals surface area contributed by atoms with Crippen LogP contribution >= 0.6 is 12.2 Å². The minimum atomic E-state index is 0.280. The van der Waals surface area contributed by atoms with E-state index in [2.05, 4.69) is 41.7 Å². The number of fused-ring (bicyclic) bond motifs is 1. The molecule has 1 N–H and O–H groups in total. The summed E-state index contributed by atoms with van der Waals surface area (Å²) in [5, 5.41) is 3.48. The molecule has 1 aliphatic heterocycles. The first-order valence-electron chi connectivity index (χ1n) is 6.80. The van der Waals surface area contributed by atoms with Gasteiger partial charge in [-0.15, -0.1) is 0 Å². The molecule has 0 radical (unpaired) electrons. The maximum absolute atomic E-state index is 5.55. The third-order valence-corrected chi connectivity index (χ3v) is 4.10. The molecule has 20 heavy (non-hydrogen) atoms. The van der Waals surface area contributed by atoms with Crippen LogP contribution in [0.25, 0.3) is 0 Å². The number of ether oxygens (including phenoxy) is 1. The highest BCUT2D eigenvalue weighted by Crippen LogP contribution is 2.27. The largest absolute Gasteiger partial charge is 0.497 e. The first-order chi connectivity index (χ1) is 9.78. The Balaban J connectivity index is 1.90. The predicted octanol–water partition coefficient (Wildman–Crippen LogP) is 3.65. The van der Waals surface area contributed by atoms with Crippen molar-refractivity contribution in [3.63, 3.8) is 0 Å². The summed E-state index contributed by atoms with van der Waals surface area (Å²) in [5.41, 5.74) is 3.68. The molecular weight excluding hydrogens is 266 g/mol. The van der Waals surface area contributed by atoms with E-state index in [0.717, 1.165) is 29.1 Å². The highest BCUT2D eigenvalue weighted by atomic mass is 32.1. The predicted molar refractivity (Wildman–Crippen MR) is 85.3 cm³/mol. The van der Waals surface area contributed by atoms with Crippen LogP contribution in [0.4, 0.5) is 0 Å². The van der Waals surface area contributed by atoms with Crippen LogP contribution in [-0.2, 0) is 6.42 Å². The van der Waals surface area contributed by atoms with Gasteiger partial charge in [-0.25, -0.2) is 0 Å². The second-order valence-electron chi connectivity index (χ2n) is 5.00. The fourth-order valence-electron chi connectivity index (χ4n) is 2.67. The quantitative estimate of drug-likeness (QED) is 0.850.